The van der Waals surface area contributed by atoms with Crippen molar-refractivity contribution in [2.45, 2.75) is 25.8 Å². The molecule has 1 atom stereocenters. The second-order valence-electron chi connectivity index (χ2n) is 6.89. The Morgan fingerprint density at radius 1 is 1.19 bits per heavy atom. The Hall–Kier alpha value is -2.60. The smallest absolute Gasteiger partial charge is 0.306 e. The molecule has 2 heterocycles. The largest absolute Gasteiger partial charge is 0.493 e. The Kier molecular flexibility index (Phi) is 5.96. The maximum atomic E-state index is 11.3. The third-order valence-electron chi connectivity index (χ3n) is 5.19. The molecule has 6 nitrogen and oxygen atoms in total. The van der Waals surface area contributed by atoms with E-state index >= 15 is 0 Å². The van der Waals surface area contributed by atoms with Crippen LogP contribution >= 0.6 is 0 Å². The highest BCUT2D eigenvalue weighted by Crippen LogP contribution is 2.40. The monoisotopic (exact) mass is 370 g/mol. The Morgan fingerprint density at radius 3 is 2.48 bits per heavy atom. The van der Waals surface area contributed by atoms with Crippen LogP contribution in [0.2, 0.25) is 0 Å². The van der Waals surface area contributed by atoms with Gasteiger partial charge in [-0.3, -0.25) is 14.7 Å². The number of aryl methyl sites for hydroxylation is 1. The van der Waals surface area contributed by atoms with E-state index in [1.807, 2.05) is 43.5 Å². The molecule has 1 aromatic carbocycles. The lowest BCUT2D eigenvalue weighted by atomic mass is 9.92. The highest BCUT2D eigenvalue weighted by molar-refractivity contribution is 5.70. The zero-order chi connectivity index (χ0) is 19.4. The average molecular weight is 370 g/mol. The molecule has 1 unspecified atom stereocenters. The predicted molar refractivity (Wildman–Crippen MR) is 102 cm³/mol. The second-order valence-corrected chi connectivity index (χ2v) is 6.89. The molecule has 0 saturated carbocycles. The first kappa shape index (κ1) is 19.2. The van der Waals surface area contributed by atoms with E-state index in [4.69, 9.17) is 9.47 Å². The average Bonchev–Trinajstić information content (AvgIpc) is 2.69. The van der Waals surface area contributed by atoms with E-state index in [0.29, 0.717) is 37.4 Å². The summed E-state index contributed by atoms with van der Waals surface area (Å²) < 4.78 is 11.1. The van der Waals surface area contributed by atoms with Gasteiger partial charge in [-0.2, -0.15) is 0 Å². The number of likely N-dealkylation sites (tertiary alicyclic amines) is 1. The number of para-hydroxylation sites is 1. The van der Waals surface area contributed by atoms with Crippen LogP contribution in [0.25, 0.3) is 0 Å². The van der Waals surface area contributed by atoms with Crippen LogP contribution in [0.1, 0.15) is 35.7 Å². The number of carbonyl (C=O) groups is 1. The molecule has 1 saturated heterocycles. The van der Waals surface area contributed by atoms with Gasteiger partial charge in [-0.15, -0.1) is 0 Å². The zero-order valence-corrected chi connectivity index (χ0v) is 16.0. The van der Waals surface area contributed by atoms with Gasteiger partial charge in [-0.25, -0.2) is 0 Å². The molecule has 6 heteroatoms. The number of hydrogen-bond donors (Lipinski definition) is 1. The van der Waals surface area contributed by atoms with Crippen molar-refractivity contribution in [1.82, 2.24) is 9.88 Å². The van der Waals surface area contributed by atoms with Crippen LogP contribution in [0.15, 0.2) is 36.5 Å². The van der Waals surface area contributed by atoms with Gasteiger partial charge in [-0.1, -0.05) is 18.2 Å². The minimum Gasteiger partial charge on any atom is -0.493 e. The van der Waals surface area contributed by atoms with Gasteiger partial charge in [0.2, 0.25) is 0 Å². The number of ether oxygens (including phenoxy) is 2. The fourth-order valence-corrected chi connectivity index (χ4v) is 3.72. The van der Waals surface area contributed by atoms with Crippen LogP contribution in [-0.4, -0.2) is 48.3 Å². The Bertz CT molecular complexity index is 783. The number of carboxylic acid groups (broad SMARTS) is 1. The van der Waals surface area contributed by atoms with E-state index in [0.717, 1.165) is 16.8 Å². The molecule has 1 aliphatic heterocycles. The van der Waals surface area contributed by atoms with Crippen LogP contribution in [0.3, 0.4) is 0 Å². The molecule has 1 fully saturated rings. The van der Waals surface area contributed by atoms with Crippen molar-refractivity contribution in [3.63, 3.8) is 0 Å². The van der Waals surface area contributed by atoms with Crippen molar-refractivity contribution in [3.05, 3.63) is 53.3 Å². The minimum absolute atomic E-state index is 0.120. The number of nitrogens with zero attached hydrogens (tertiary/aromatic N) is 2. The first-order valence-corrected chi connectivity index (χ1v) is 9.15. The summed E-state index contributed by atoms with van der Waals surface area (Å²) in [6, 6.07) is 9.80. The summed E-state index contributed by atoms with van der Waals surface area (Å²) in [5.41, 5.74) is 2.99. The molecule has 1 aliphatic rings. The number of carboxylic acids is 1. The van der Waals surface area contributed by atoms with Gasteiger partial charge >= 0.3 is 5.97 Å². The molecule has 0 amide bonds. The van der Waals surface area contributed by atoms with Crippen LogP contribution in [-0.2, 0) is 4.79 Å². The van der Waals surface area contributed by atoms with Gasteiger partial charge in [-0.05, 0) is 50.6 Å². The number of piperidine rings is 1. The fraction of sp³-hybridized carbons (Fsp3) is 0.429. The van der Waals surface area contributed by atoms with Gasteiger partial charge in [0.1, 0.15) is 0 Å². The van der Waals surface area contributed by atoms with Crippen molar-refractivity contribution in [3.8, 4) is 11.5 Å². The molecule has 3 rings (SSSR count). The minimum atomic E-state index is -0.710. The second kappa shape index (κ2) is 8.39. The molecule has 2 aromatic rings. The number of aliphatic carboxylic acids is 1. The van der Waals surface area contributed by atoms with Crippen LogP contribution in [0.4, 0.5) is 0 Å². The standard InChI is InChI=1S/C21H26N2O4/c1-14-7-8-17(22-13-14)19(23-11-9-15(10-12-23)21(24)25)16-5-4-6-18(26-2)20(16)27-3/h4-8,13,15,19H,9-12H2,1-3H3,(H,24,25). The summed E-state index contributed by atoms with van der Waals surface area (Å²) in [4.78, 5) is 18.3. The lowest BCUT2D eigenvalue weighted by molar-refractivity contribution is -0.143. The topological polar surface area (TPSA) is 71.9 Å². The van der Waals surface area contributed by atoms with Crippen molar-refractivity contribution >= 4 is 5.97 Å². The van der Waals surface area contributed by atoms with Crippen LogP contribution in [0, 0.1) is 12.8 Å². The van der Waals surface area contributed by atoms with Gasteiger partial charge in [0.05, 0.1) is 31.9 Å². The number of methoxy groups -OCH3 is 2. The highest BCUT2D eigenvalue weighted by atomic mass is 16.5. The molecule has 0 aliphatic carbocycles. The number of aromatic nitrogens is 1. The van der Waals surface area contributed by atoms with Crippen LogP contribution in [0.5, 0.6) is 11.5 Å². The first-order chi connectivity index (χ1) is 13.0. The molecular weight excluding hydrogens is 344 g/mol. The Labute approximate surface area is 159 Å². The van der Waals surface area contributed by atoms with Crippen molar-refractivity contribution in [2.75, 3.05) is 27.3 Å². The van der Waals surface area contributed by atoms with E-state index < -0.39 is 5.97 Å². The number of pyridine rings is 1. The molecule has 1 N–H and O–H groups in total. The van der Waals surface area contributed by atoms with Gasteiger partial charge in [0.25, 0.3) is 0 Å². The molecule has 144 valence electrons. The summed E-state index contributed by atoms with van der Waals surface area (Å²) >= 11 is 0. The van der Waals surface area contributed by atoms with Crippen molar-refractivity contribution < 1.29 is 19.4 Å². The zero-order valence-electron chi connectivity index (χ0n) is 16.0. The molecule has 1 aromatic heterocycles. The lowest BCUT2D eigenvalue weighted by Crippen LogP contribution is -2.39. The third kappa shape index (κ3) is 4.06. The highest BCUT2D eigenvalue weighted by Gasteiger charge is 2.32. The summed E-state index contributed by atoms with van der Waals surface area (Å²) in [6.07, 6.45) is 3.12. The normalized spacial score (nSPS) is 16.7. The SMILES string of the molecule is COc1cccc(C(c2ccc(C)cn2)N2CCC(C(=O)O)CC2)c1OC. The summed E-state index contributed by atoms with van der Waals surface area (Å²) in [7, 11) is 3.26. The van der Waals surface area contributed by atoms with Crippen molar-refractivity contribution in [2.24, 2.45) is 5.92 Å². The summed E-state index contributed by atoms with van der Waals surface area (Å²) in [6.45, 7) is 3.39. The number of hydrogen-bond acceptors (Lipinski definition) is 5. The van der Waals surface area contributed by atoms with E-state index in [9.17, 15) is 9.90 Å². The molecule has 0 spiro atoms. The predicted octanol–water partition coefficient (Wildman–Crippen LogP) is 3.29. The van der Waals surface area contributed by atoms with Gasteiger partial charge in [0, 0.05) is 11.8 Å². The lowest BCUT2D eigenvalue weighted by Gasteiger charge is -2.37. The van der Waals surface area contributed by atoms with Gasteiger partial charge in [0.15, 0.2) is 11.5 Å². The van der Waals surface area contributed by atoms with E-state index in [1.54, 1.807) is 14.2 Å². The first-order valence-electron chi connectivity index (χ1n) is 9.15. The van der Waals surface area contributed by atoms with Gasteiger partial charge < -0.3 is 14.6 Å². The quantitative estimate of drug-likeness (QED) is 0.841. The third-order valence-corrected chi connectivity index (χ3v) is 5.19. The molecule has 0 radical (unpaired) electrons. The van der Waals surface area contributed by atoms with E-state index in [2.05, 4.69) is 9.88 Å². The number of benzene rings is 1. The maximum Gasteiger partial charge on any atom is 0.306 e. The Balaban J connectivity index is 2.02. The molecule has 27 heavy (non-hydrogen) atoms. The fourth-order valence-electron chi connectivity index (χ4n) is 3.72. The molecular formula is C21H26N2O4. The molecule has 0 bridgehead atoms. The maximum absolute atomic E-state index is 11.3. The Morgan fingerprint density at radius 2 is 1.93 bits per heavy atom. The summed E-state index contributed by atoms with van der Waals surface area (Å²) in [5.74, 6) is 0.374. The van der Waals surface area contributed by atoms with Crippen molar-refractivity contribution in [1.29, 1.82) is 0 Å². The number of rotatable bonds is 6. The van der Waals surface area contributed by atoms with Crippen LogP contribution < -0.4 is 9.47 Å². The van der Waals surface area contributed by atoms with E-state index in [1.165, 1.54) is 0 Å². The van der Waals surface area contributed by atoms with E-state index in [-0.39, 0.29) is 12.0 Å². The summed E-state index contributed by atoms with van der Waals surface area (Å²) in [5, 5.41) is 9.31.